The summed E-state index contributed by atoms with van der Waals surface area (Å²) in [6.45, 7) is 2.12. The minimum atomic E-state index is -0.433. The average molecular weight is 422 g/mol. The zero-order chi connectivity index (χ0) is 15.6. The Morgan fingerprint density at radius 2 is 2.00 bits per heavy atom. The number of aromatic nitrogens is 1. The molecule has 1 aliphatic rings. The van der Waals surface area contributed by atoms with Crippen molar-refractivity contribution in [1.82, 2.24) is 4.57 Å². The predicted octanol–water partition coefficient (Wildman–Crippen LogP) is 4.17. The minimum Gasteiger partial charge on any atom is -0.307 e. The molecular weight excluding hydrogens is 404 g/mol. The summed E-state index contributed by atoms with van der Waals surface area (Å²) in [6.07, 6.45) is 7.00. The lowest BCUT2D eigenvalue weighted by molar-refractivity contribution is -0.386. The molecule has 21 heavy (non-hydrogen) atoms. The van der Waals surface area contributed by atoms with Crippen LogP contribution in [0, 0.1) is 22.5 Å². The fourth-order valence-electron chi connectivity index (χ4n) is 3.00. The standard InChI is InChI=1S/C14H18Br2N2O3/c1-10-11(18(20)21)7-17(13(19)12(10)16)9-14(8-15)5-3-2-4-6-14/h7H,2-6,8-9H2,1H3. The quantitative estimate of drug-likeness (QED) is 0.416. The van der Waals surface area contributed by atoms with Crippen LogP contribution in [-0.2, 0) is 6.54 Å². The predicted molar refractivity (Wildman–Crippen MR) is 89.1 cm³/mol. The van der Waals surface area contributed by atoms with E-state index in [-0.39, 0.29) is 21.1 Å². The van der Waals surface area contributed by atoms with E-state index in [0.717, 1.165) is 31.0 Å². The maximum absolute atomic E-state index is 12.4. The molecule has 116 valence electrons. The summed E-state index contributed by atoms with van der Waals surface area (Å²) < 4.78 is 1.79. The highest BCUT2D eigenvalue weighted by molar-refractivity contribution is 9.10. The van der Waals surface area contributed by atoms with Crippen LogP contribution in [0.2, 0.25) is 0 Å². The molecule has 0 radical (unpaired) electrons. The van der Waals surface area contributed by atoms with Crippen molar-refractivity contribution < 1.29 is 4.92 Å². The number of nitro groups is 1. The Morgan fingerprint density at radius 3 is 2.52 bits per heavy atom. The molecule has 0 amide bonds. The van der Waals surface area contributed by atoms with Crippen molar-refractivity contribution in [2.75, 3.05) is 5.33 Å². The molecule has 2 rings (SSSR count). The summed E-state index contributed by atoms with van der Waals surface area (Å²) in [6, 6.07) is 0. The van der Waals surface area contributed by atoms with Crippen LogP contribution in [0.4, 0.5) is 5.69 Å². The number of rotatable bonds is 4. The van der Waals surface area contributed by atoms with Crippen molar-refractivity contribution in [2.24, 2.45) is 5.41 Å². The first-order chi connectivity index (χ1) is 9.90. The van der Waals surface area contributed by atoms with Crippen LogP contribution in [0.1, 0.15) is 37.7 Å². The SMILES string of the molecule is Cc1c([N+](=O)[O-])cn(CC2(CBr)CCCCC2)c(=O)c1Br. The Morgan fingerprint density at radius 1 is 1.38 bits per heavy atom. The number of pyridine rings is 1. The maximum Gasteiger partial charge on any atom is 0.289 e. The van der Waals surface area contributed by atoms with Gasteiger partial charge in [-0.2, -0.15) is 0 Å². The molecular formula is C14H18Br2N2O3. The lowest BCUT2D eigenvalue weighted by Crippen LogP contribution is -2.36. The van der Waals surface area contributed by atoms with Crippen molar-refractivity contribution in [1.29, 1.82) is 0 Å². The average Bonchev–Trinajstić information content (AvgIpc) is 2.48. The van der Waals surface area contributed by atoms with Gasteiger partial charge in [-0.05, 0) is 41.1 Å². The summed E-state index contributed by atoms with van der Waals surface area (Å²) in [7, 11) is 0. The number of halogens is 2. The van der Waals surface area contributed by atoms with E-state index in [0.29, 0.717) is 12.1 Å². The van der Waals surface area contributed by atoms with Gasteiger partial charge in [-0.25, -0.2) is 0 Å². The second-order valence-electron chi connectivity index (χ2n) is 5.84. The second kappa shape index (κ2) is 6.60. The van der Waals surface area contributed by atoms with Crippen LogP contribution in [0.25, 0.3) is 0 Å². The molecule has 0 saturated heterocycles. The van der Waals surface area contributed by atoms with Crippen LogP contribution in [0.3, 0.4) is 0 Å². The molecule has 1 aromatic rings. The van der Waals surface area contributed by atoms with Crippen LogP contribution < -0.4 is 5.56 Å². The molecule has 0 atom stereocenters. The molecule has 1 fully saturated rings. The zero-order valence-corrected chi connectivity index (χ0v) is 15.1. The molecule has 0 spiro atoms. The van der Waals surface area contributed by atoms with Crippen molar-refractivity contribution in [3.05, 3.63) is 36.7 Å². The number of nitrogens with zero attached hydrogens (tertiary/aromatic N) is 2. The maximum atomic E-state index is 12.4. The summed E-state index contributed by atoms with van der Waals surface area (Å²) in [5, 5.41) is 12.0. The van der Waals surface area contributed by atoms with E-state index >= 15 is 0 Å². The van der Waals surface area contributed by atoms with Gasteiger partial charge in [-0.3, -0.25) is 14.9 Å². The smallest absolute Gasteiger partial charge is 0.289 e. The van der Waals surface area contributed by atoms with Gasteiger partial charge in [0.25, 0.3) is 11.2 Å². The molecule has 1 aliphatic carbocycles. The molecule has 0 bridgehead atoms. The van der Waals surface area contributed by atoms with E-state index in [9.17, 15) is 14.9 Å². The summed E-state index contributed by atoms with van der Waals surface area (Å²) in [5.41, 5.74) is 0.203. The largest absolute Gasteiger partial charge is 0.307 e. The highest BCUT2D eigenvalue weighted by Gasteiger charge is 2.32. The van der Waals surface area contributed by atoms with Crippen molar-refractivity contribution in [2.45, 2.75) is 45.6 Å². The summed E-state index contributed by atoms with van der Waals surface area (Å²) >= 11 is 6.77. The topological polar surface area (TPSA) is 65.1 Å². The Labute approximate surface area is 140 Å². The van der Waals surface area contributed by atoms with Gasteiger partial charge in [0, 0.05) is 17.4 Å². The van der Waals surface area contributed by atoms with Crippen molar-refractivity contribution in [3.8, 4) is 0 Å². The van der Waals surface area contributed by atoms with E-state index in [4.69, 9.17) is 0 Å². The van der Waals surface area contributed by atoms with Crippen LogP contribution in [-0.4, -0.2) is 14.8 Å². The van der Waals surface area contributed by atoms with Gasteiger partial charge >= 0.3 is 0 Å². The molecule has 5 nitrogen and oxygen atoms in total. The Hall–Kier alpha value is -0.690. The zero-order valence-electron chi connectivity index (χ0n) is 11.9. The van der Waals surface area contributed by atoms with E-state index in [1.165, 1.54) is 17.2 Å². The van der Waals surface area contributed by atoms with E-state index in [1.807, 2.05) is 0 Å². The highest BCUT2D eigenvalue weighted by atomic mass is 79.9. The summed E-state index contributed by atoms with van der Waals surface area (Å²) in [5.74, 6) is 0. The van der Waals surface area contributed by atoms with Gasteiger partial charge in [0.1, 0.15) is 0 Å². The molecule has 1 aromatic heterocycles. The highest BCUT2D eigenvalue weighted by Crippen LogP contribution is 2.39. The molecule has 0 aliphatic heterocycles. The fraction of sp³-hybridized carbons (Fsp3) is 0.643. The first kappa shape index (κ1) is 16.7. The number of hydrogen-bond acceptors (Lipinski definition) is 3. The third-order valence-electron chi connectivity index (χ3n) is 4.34. The van der Waals surface area contributed by atoms with Gasteiger partial charge in [0.2, 0.25) is 0 Å². The molecule has 1 saturated carbocycles. The van der Waals surface area contributed by atoms with Crippen molar-refractivity contribution >= 4 is 37.5 Å². The van der Waals surface area contributed by atoms with Crippen LogP contribution in [0.15, 0.2) is 15.5 Å². The molecule has 7 heteroatoms. The molecule has 1 heterocycles. The van der Waals surface area contributed by atoms with E-state index in [2.05, 4.69) is 31.9 Å². The van der Waals surface area contributed by atoms with Gasteiger partial charge in [-0.1, -0.05) is 35.2 Å². The molecule has 0 unspecified atom stereocenters. The van der Waals surface area contributed by atoms with Crippen molar-refractivity contribution in [3.63, 3.8) is 0 Å². The van der Waals surface area contributed by atoms with Gasteiger partial charge in [0.05, 0.1) is 15.6 Å². The lowest BCUT2D eigenvalue weighted by Gasteiger charge is -2.36. The lowest BCUT2D eigenvalue weighted by atomic mass is 9.75. The minimum absolute atomic E-state index is 0.0120. The third kappa shape index (κ3) is 3.39. The van der Waals surface area contributed by atoms with Gasteiger partial charge in [-0.15, -0.1) is 0 Å². The first-order valence-corrected chi connectivity index (χ1v) is 8.91. The molecule has 0 aromatic carbocycles. The van der Waals surface area contributed by atoms with Crippen LogP contribution >= 0.6 is 31.9 Å². The number of alkyl halides is 1. The fourth-order valence-corrected chi connectivity index (χ4v) is 4.17. The normalized spacial score (nSPS) is 17.7. The van der Waals surface area contributed by atoms with E-state index in [1.54, 1.807) is 6.92 Å². The Kier molecular flexibility index (Phi) is 5.24. The first-order valence-electron chi connectivity index (χ1n) is 7.00. The Bertz CT molecular complexity index is 607. The monoisotopic (exact) mass is 420 g/mol. The van der Waals surface area contributed by atoms with E-state index < -0.39 is 4.92 Å². The summed E-state index contributed by atoms with van der Waals surface area (Å²) in [4.78, 5) is 23.1. The third-order valence-corrected chi connectivity index (χ3v) is 6.46. The molecule has 0 N–H and O–H groups in total. The van der Waals surface area contributed by atoms with Crippen LogP contribution in [0.5, 0.6) is 0 Å². The Balaban J connectivity index is 2.44. The number of hydrogen-bond donors (Lipinski definition) is 0. The van der Waals surface area contributed by atoms with Gasteiger partial charge in [0.15, 0.2) is 0 Å². The second-order valence-corrected chi connectivity index (χ2v) is 7.19. The van der Waals surface area contributed by atoms with Gasteiger partial charge < -0.3 is 4.57 Å².